The molecule has 4 rings (SSSR count). The number of para-hydroxylation sites is 1. The zero-order chi connectivity index (χ0) is 18.3. The van der Waals surface area contributed by atoms with Crippen LogP contribution in [0.3, 0.4) is 0 Å². The first-order valence-electron chi connectivity index (χ1n) is 8.73. The minimum absolute atomic E-state index is 0.0560. The van der Waals surface area contributed by atoms with Gasteiger partial charge in [-0.1, -0.05) is 68.4 Å². The van der Waals surface area contributed by atoms with Crippen LogP contribution in [0.2, 0.25) is 0 Å². The van der Waals surface area contributed by atoms with Crippen LogP contribution in [0.1, 0.15) is 37.8 Å². The summed E-state index contributed by atoms with van der Waals surface area (Å²) in [5.41, 5.74) is 4.22. The van der Waals surface area contributed by atoms with Gasteiger partial charge in [-0.05, 0) is 22.6 Å². The first-order valence-corrected chi connectivity index (χ1v) is 8.73. The van der Waals surface area contributed by atoms with Crippen molar-refractivity contribution in [3.05, 3.63) is 65.5 Å². The minimum Gasteiger partial charge on any atom is -0.337 e. The third-order valence-electron chi connectivity index (χ3n) is 4.70. The second kappa shape index (κ2) is 6.09. The van der Waals surface area contributed by atoms with Crippen LogP contribution < -0.4 is 4.90 Å². The summed E-state index contributed by atoms with van der Waals surface area (Å²) in [4.78, 5) is 18.5. The average Bonchev–Trinajstić information content (AvgIpc) is 3.20. The Morgan fingerprint density at radius 2 is 1.81 bits per heavy atom. The highest BCUT2D eigenvalue weighted by Gasteiger charge is 2.28. The number of rotatable bonds is 3. The standard InChI is InChI=1S/C21H21N3O2/c1-21(2,3)16-10-8-14(9-11-16)20-22-18(26-23-20)13-24-17-7-5-4-6-15(17)12-19(24)25/h4-11H,12-13H2,1-3H3. The van der Waals surface area contributed by atoms with Crippen molar-refractivity contribution in [1.82, 2.24) is 10.1 Å². The van der Waals surface area contributed by atoms with Gasteiger partial charge in [-0.25, -0.2) is 0 Å². The third-order valence-corrected chi connectivity index (χ3v) is 4.70. The smallest absolute Gasteiger partial charge is 0.247 e. The largest absolute Gasteiger partial charge is 0.337 e. The number of carbonyl (C=O) groups is 1. The SMILES string of the molecule is CC(C)(C)c1ccc(-c2noc(CN3C(=O)Cc4ccccc43)n2)cc1. The van der Waals surface area contributed by atoms with E-state index in [9.17, 15) is 4.79 Å². The van der Waals surface area contributed by atoms with Gasteiger partial charge < -0.3 is 9.42 Å². The van der Waals surface area contributed by atoms with E-state index in [-0.39, 0.29) is 11.3 Å². The number of hydrogen-bond acceptors (Lipinski definition) is 4. The molecule has 0 atom stereocenters. The number of amides is 1. The molecule has 0 fully saturated rings. The van der Waals surface area contributed by atoms with Gasteiger partial charge in [0, 0.05) is 11.3 Å². The van der Waals surface area contributed by atoms with E-state index in [1.807, 2.05) is 36.4 Å². The van der Waals surface area contributed by atoms with Crippen molar-refractivity contribution in [2.75, 3.05) is 4.90 Å². The quantitative estimate of drug-likeness (QED) is 0.715. The summed E-state index contributed by atoms with van der Waals surface area (Å²) in [5, 5.41) is 4.08. The molecule has 1 aromatic heterocycles. The molecule has 0 spiro atoms. The Hall–Kier alpha value is -2.95. The molecular formula is C21H21N3O2. The first-order chi connectivity index (χ1) is 12.4. The lowest BCUT2D eigenvalue weighted by atomic mass is 9.87. The summed E-state index contributed by atoms with van der Waals surface area (Å²) in [7, 11) is 0. The Morgan fingerprint density at radius 1 is 1.08 bits per heavy atom. The monoisotopic (exact) mass is 347 g/mol. The van der Waals surface area contributed by atoms with E-state index in [0.29, 0.717) is 24.7 Å². The topological polar surface area (TPSA) is 59.2 Å². The summed E-state index contributed by atoms with van der Waals surface area (Å²) < 4.78 is 5.39. The van der Waals surface area contributed by atoms with Crippen molar-refractivity contribution < 1.29 is 9.32 Å². The molecule has 2 heterocycles. The molecular weight excluding hydrogens is 326 g/mol. The van der Waals surface area contributed by atoms with E-state index < -0.39 is 0 Å². The number of carbonyl (C=O) groups excluding carboxylic acids is 1. The Labute approximate surface area is 152 Å². The highest BCUT2D eigenvalue weighted by atomic mass is 16.5. The minimum atomic E-state index is 0.0560. The molecule has 132 valence electrons. The zero-order valence-corrected chi connectivity index (χ0v) is 15.2. The maximum Gasteiger partial charge on any atom is 0.247 e. The van der Waals surface area contributed by atoms with E-state index >= 15 is 0 Å². The molecule has 0 bridgehead atoms. The Morgan fingerprint density at radius 3 is 2.54 bits per heavy atom. The molecule has 3 aromatic rings. The molecule has 5 heteroatoms. The fourth-order valence-electron chi connectivity index (χ4n) is 3.18. The van der Waals surface area contributed by atoms with Gasteiger partial charge in [-0.2, -0.15) is 4.98 Å². The summed E-state index contributed by atoms with van der Waals surface area (Å²) >= 11 is 0. The van der Waals surface area contributed by atoms with Crippen LogP contribution in [0.5, 0.6) is 0 Å². The average molecular weight is 347 g/mol. The molecule has 5 nitrogen and oxygen atoms in total. The normalized spacial score (nSPS) is 14.0. The molecule has 0 saturated carbocycles. The number of aromatic nitrogens is 2. The number of benzene rings is 2. The lowest BCUT2D eigenvalue weighted by Gasteiger charge is -2.18. The Kier molecular flexibility index (Phi) is 3.87. The zero-order valence-electron chi connectivity index (χ0n) is 15.2. The van der Waals surface area contributed by atoms with Crippen molar-refractivity contribution in [2.45, 2.75) is 39.2 Å². The van der Waals surface area contributed by atoms with Crippen LogP contribution in [0.15, 0.2) is 53.1 Å². The molecule has 0 N–H and O–H groups in total. The van der Waals surface area contributed by atoms with Gasteiger partial charge in [-0.3, -0.25) is 4.79 Å². The van der Waals surface area contributed by atoms with E-state index in [4.69, 9.17) is 4.52 Å². The van der Waals surface area contributed by atoms with Gasteiger partial charge >= 0.3 is 0 Å². The van der Waals surface area contributed by atoms with Gasteiger partial charge in [0.25, 0.3) is 0 Å². The predicted molar refractivity (Wildman–Crippen MR) is 99.8 cm³/mol. The van der Waals surface area contributed by atoms with Gasteiger partial charge in [-0.15, -0.1) is 0 Å². The Balaban J connectivity index is 1.55. The molecule has 1 amide bonds. The predicted octanol–water partition coefficient (Wildman–Crippen LogP) is 4.12. The first kappa shape index (κ1) is 16.5. The van der Waals surface area contributed by atoms with E-state index in [0.717, 1.165) is 16.8 Å². The maximum atomic E-state index is 12.3. The van der Waals surface area contributed by atoms with Crippen LogP contribution >= 0.6 is 0 Å². The van der Waals surface area contributed by atoms with Gasteiger partial charge in [0.2, 0.25) is 17.6 Å². The molecule has 0 saturated heterocycles. The van der Waals surface area contributed by atoms with E-state index in [1.54, 1.807) is 4.90 Å². The molecule has 1 aliphatic heterocycles. The number of fused-ring (bicyclic) bond motifs is 1. The van der Waals surface area contributed by atoms with Crippen molar-refractivity contribution in [2.24, 2.45) is 0 Å². The van der Waals surface area contributed by atoms with E-state index in [1.165, 1.54) is 5.56 Å². The van der Waals surface area contributed by atoms with Crippen LogP contribution in [0.25, 0.3) is 11.4 Å². The molecule has 0 unspecified atom stereocenters. The molecule has 26 heavy (non-hydrogen) atoms. The van der Waals surface area contributed by atoms with Crippen molar-refractivity contribution >= 4 is 11.6 Å². The second-order valence-electron chi connectivity index (χ2n) is 7.62. The van der Waals surface area contributed by atoms with Gasteiger partial charge in [0.1, 0.15) is 6.54 Å². The van der Waals surface area contributed by atoms with Crippen molar-refractivity contribution in [3.63, 3.8) is 0 Å². The Bertz CT molecular complexity index is 952. The van der Waals surface area contributed by atoms with Gasteiger partial charge in [0.05, 0.1) is 6.42 Å². The van der Waals surface area contributed by atoms with Crippen LogP contribution in [0.4, 0.5) is 5.69 Å². The summed E-state index contributed by atoms with van der Waals surface area (Å²) in [5.74, 6) is 1.03. The van der Waals surface area contributed by atoms with Crippen molar-refractivity contribution in [1.29, 1.82) is 0 Å². The number of hydrogen-bond donors (Lipinski definition) is 0. The van der Waals surface area contributed by atoms with Crippen LogP contribution in [-0.4, -0.2) is 16.0 Å². The lowest BCUT2D eigenvalue weighted by Crippen LogP contribution is -2.26. The molecule has 1 aliphatic rings. The molecule has 2 aromatic carbocycles. The highest BCUT2D eigenvalue weighted by Crippen LogP contribution is 2.30. The lowest BCUT2D eigenvalue weighted by molar-refractivity contribution is -0.117. The van der Waals surface area contributed by atoms with Gasteiger partial charge in [0.15, 0.2) is 0 Å². The fraction of sp³-hybridized carbons (Fsp3) is 0.286. The molecule has 0 radical (unpaired) electrons. The molecule has 0 aliphatic carbocycles. The second-order valence-corrected chi connectivity index (χ2v) is 7.62. The summed E-state index contributed by atoms with van der Waals surface area (Å²) in [6, 6.07) is 16.0. The number of anilines is 1. The number of nitrogens with zero attached hydrogens (tertiary/aromatic N) is 3. The van der Waals surface area contributed by atoms with Crippen LogP contribution in [-0.2, 0) is 23.2 Å². The van der Waals surface area contributed by atoms with E-state index in [2.05, 4.69) is 43.0 Å². The highest BCUT2D eigenvalue weighted by molar-refractivity contribution is 6.01. The maximum absolute atomic E-state index is 12.3. The summed E-state index contributed by atoms with van der Waals surface area (Å²) in [6.45, 7) is 6.83. The van der Waals surface area contributed by atoms with Crippen molar-refractivity contribution in [3.8, 4) is 11.4 Å². The third kappa shape index (κ3) is 3.01. The van der Waals surface area contributed by atoms with Crippen LogP contribution in [0, 0.1) is 0 Å². The fourth-order valence-corrected chi connectivity index (χ4v) is 3.18. The summed E-state index contributed by atoms with van der Waals surface area (Å²) in [6.07, 6.45) is 0.422.